The van der Waals surface area contributed by atoms with Gasteiger partial charge in [0, 0.05) is 5.56 Å². The number of aromatic nitrogens is 1. The molecule has 0 aliphatic heterocycles. The zero-order valence-electron chi connectivity index (χ0n) is 15.1. The van der Waals surface area contributed by atoms with E-state index < -0.39 is 5.91 Å². The lowest BCUT2D eigenvalue weighted by Crippen LogP contribution is -2.28. The first-order valence-electron chi connectivity index (χ1n) is 8.56. The van der Waals surface area contributed by atoms with E-state index >= 15 is 0 Å². The summed E-state index contributed by atoms with van der Waals surface area (Å²) in [7, 11) is 0. The fourth-order valence-corrected chi connectivity index (χ4v) is 2.66. The summed E-state index contributed by atoms with van der Waals surface area (Å²) in [5.74, 6) is -1.15. The van der Waals surface area contributed by atoms with Crippen molar-refractivity contribution in [3.63, 3.8) is 0 Å². The zero-order chi connectivity index (χ0) is 19.9. The Balaban J connectivity index is 1.52. The van der Waals surface area contributed by atoms with Crippen LogP contribution in [0.5, 0.6) is 5.88 Å². The number of nitrogens with one attached hydrogen (secondary N) is 2. The number of hydroxylamine groups is 1. The number of nitrogens with zero attached hydrogens (tertiary/aromatic N) is 1. The van der Waals surface area contributed by atoms with Gasteiger partial charge < -0.3 is 14.6 Å². The topological polar surface area (TPSA) is 114 Å². The molecule has 3 rings (SSSR count). The summed E-state index contributed by atoms with van der Waals surface area (Å²) in [6, 6.07) is 16.8. The minimum Gasteiger partial charge on any atom is -0.474 e. The van der Waals surface area contributed by atoms with Gasteiger partial charge in [0.05, 0.1) is 12.6 Å². The molecule has 0 aliphatic carbocycles. The molecule has 2 aromatic carbocycles. The van der Waals surface area contributed by atoms with Crippen molar-refractivity contribution in [2.45, 2.75) is 6.92 Å². The van der Waals surface area contributed by atoms with E-state index in [0.717, 1.165) is 16.7 Å². The Morgan fingerprint density at radius 3 is 2.61 bits per heavy atom. The summed E-state index contributed by atoms with van der Waals surface area (Å²) < 4.78 is 9.98. The lowest BCUT2D eigenvalue weighted by molar-refractivity contribution is 0.0666. The first-order chi connectivity index (χ1) is 13.6. The summed E-state index contributed by atoms with van der Waals surface area (Å²) in [5, 5.41) is 14.8. The number of hydrogen-bond donors (Lipinski definition) is 3. The molecule has 0 bridgehead atoms. The zero-order valence-corrected chi connectivity index (χ0v) is 15.1. The molecule has 0 unspecified atom stereocenters. The third-order valence-corrected chi connectivity index (χ3v) is 4.02. The normalized spacial score (nSPS) is 10.4. The first kappa shape index (κ1) is 19.1. The third-order valence-electron chi connectivity index (χ3n) is 4.02. The number of amides is 2. The predicted molar refractivity (Wildman–Crippen MR) is 100 cm³/mol. The van der Waals surface area contributed by atoms with Crippen LogP contribution in [0.1, 0.15) is 26.5 Å². The van der Waals surface area contributed by atoms with Crippen LogP contribution in [0.2, 0.25) is 0 Å². The lowest BCUT2D eigenvalue weighted by Gasteiger charge is -2.10. The Labute approximate surface area is 161 Å². The van der Waals surface area contributed by atoms with Gasteiger partial charge in [-0.1, -0.05) is 36.4 Å². The second-order valence-electron chi connectivity index (χ2n) is 5.97. The van der Waals surface area contributed by atoms with Gasteiger partial charge in [0.2, 0.25) is 5.76 Å². The summed E-state index contributed by atoms with van der Waals surface area (Å²) in [5.41, 5.74) is 5.17. The minimum atomic E-state index is -0.829. The molecular weight excluding hydrogens is 362 g/mol. The molecule has 0 saturated carbocycles. The Kier molecular flexibility index (Phi) is 6.03. The van der Waals surface area contributed by atoms with E-state index in [2.05, 4.69) is 10.5 Å². The van der Waals surface area contributed by atoms with E-state index in [1.54, 1.807) is 6.07 Å². The summed E-state index contributed by atoms with van der Waals surface area (Å²) in [4.78, 5) is 23.4. The van der Waals surface area contributed by atoms with Gasteiger partial charge in [0.25, 0.3) is 11.8 Å². The largest absolute Gasteiger partial charge is 0.474 e. The van der Waals surface area contributed by atoms with Crippen LogP contribution in [-0.4, -0.2) is 35.3 Å². The molecule has 0 spiro atoms. The van der Waals surface area contributed by atoms with Gasteiger partial charge in [-0.15, -0.1) is 0 Å². The van der Waals surface area contributed by atoms with Crippen LogP contribution in [-0.2, 0) is 0 Å². The first-order valence-corrected chi connectivity index (χ1v) is 8.56. The molecule has 8 heteroatoms. The van der Waals surface area contributed by atoms with E-state index in [-0.39, 0.29) is 30.7 Å². The van der Waals surface area contributed by atoms with Crippen molar-refractivity contribution in [2.24, 2.45) is 0 Å². The maximum absolute atomic E-state index is 12.3. The average molecular weight is 381 g/mol. The second kappa shape index (κ2) is 8.83. The highest BCUT2D eigenvalue weighted by Crippen LogP contribution is 2.23. The predicted octanol–water partition coefficient (Wildman–Crippen LogP) is 2.58. The molecule has 0 aliphatic rings. The van der Waals surface area contributed by atoms with E-state index in [9.17, 15) is 9.59 Å². The smallest absolute Gasteiger partial charge is 0.313 e. The van der Waals surface area contributed by atoms with Crippen molar-refractivity contribution in [1.29, 1.82) is 0 Å². The Hall–Kier alpha value is -3.65. The van der Waals surface area contributed by atoms with Crippen LogP contribution in [0, 0.1) is 6.92 Å². The number of rotatable bonds is 7. The van der Waals surface area contributed by atoms with Gasteiger partial charge in [-0.2, -0.15) is 0 Å². The van der Waals surface area contributed by atoms with Crippen LogP contribution in [0.3, 0.4) is 0 Å². The Morgan fingerprint density at radius 1 is 1.11 bits per heavy atom. The highest BCUT2D eigenvalue weighted by Gasteiger charge is 2.13. The van der Waals surface area contributed by atoms with Gasteiger partial charge in [0.1, 0.15) is 6.61 Å². The summed E-state index contributed by atoms with van der Waals surface area (Å²) in [6.07, 6.45) is 0. The van der Waals surface area contributed by atoms with Crippen LogP contribution in [0.15, 0.2) is 59.1 Å². The number of benzene rings is 2. The number of aryl methyl sites for hydroxylation is 1. The van der Waals surface area contributed by atoms with Gasteiger partial charge in [0.15, 0.2) is 0 Å². The monoisotopic (exact) mass is 381 g/mol. The highest BCUT2D eigenvalue weighted by atomic mass is 16.5. The molecule has 3 aromatic rings. The standard InChI is InChI=1S/C20H19N3O5/c1-13-11-15(7-8-16(13)14-5-3-2-4-6-14)19(24)21-9-10-27-18-12-17(28-23-18)20(25)22-26/h2-8,11-12,26H,9-10H2,1H3,(H,21,24)(H,22,25). The van der Waals surface area contributed by atoms with Crippen LogP contribution in [0.25, 0.3) is 11.1 Å². The van der Waals surface area contributed by atoms with E-state index in [4.69, 9.17) is 14.5 Å². The van der Waals surface area contributed by atoms with Crippen molar-refractivity contribution >= 4 is 11.8 Å². The van der Waals surface area contributed by atoms with Crippen molar-refractivity contribution in [3.8, 4) is 17.0 Å². The lowest BCUT2D eigenvalue weighted by atomic mass is 9.98. The molecule has 144 valence electrons. The van der Waals surface area contributed by atoms with Crippen molar-refractivity contribution < 1.29 is 24.1 Å². The van der Waals surface area contributed by atoms with Crippen molar-refractivity contribution in [3.05, 3.63) is 71.5 Å². The Morgan fingerprint density at radius 2 is 1.89 bits per heavy atom. The summed E-state index contributed by atoms with van der Waals surface area (Å²) >= 11 is 0. The SMILES string of the molecule is Cc1cc(C(=O)NCCOc2cc(C(=O)NO)on2)ccc1-c1ccccc1. The fraction of sp³-hybridized carbons (Fsp3) is 0.150. The van der Waals surface area contributed by atoms with E-state index in [0.29, 0.717) is 5.56 Å². The van der Waals surface area contributed by atoms with E-state index in [1.165, 1.54) is 11.5 Å². The molecule has 0 saturated heterocycles. The number of carbonyl (C=O) groups is 2. The number of ether oxygens (including phenoxy) is 1. The maximum Gasteiger partial charge on any atom is 0.313 e. The Bertz CT molecular complexity index is 969. The fourth-order valence-electron chi connectivity index (χ4n) is 2.66. The van der Waals surface area contributed by atoms with Crippen LogP contribution < -0.4 is 15.5 Å². The van der Waals surface area contributed by atoms with Gasteiger partial charge in [-0.3, -0.25) is 14.8 Å². The highest BCUT2D eigenvalue weighted by molar-refractivity contribution is 5.95. The molecule has 0 radical (unpaired) electrons. The minimum absolute atomic E-state index is 0.0795. The molecular formula is C20H19N3O5. The molecule has 1 aromatic heterocycles. The summed E-state index contributed by atoms with van der Waals surface area (Å²) in [6.45, 7) is 2.35. The molecule has 28 heavy (non-hydrogen) atoms. The quantitative estimate of drug-likeness (QED) is 0.329. The molecule has 0 atom stereocenters. The van der Waals surface area contributed by atoms with Gasteiger partial charge in [-0.25, -0.2) is 5.48 Å². The molecule has 2 amide bonds. The molecule has 1 heterocycles. The van der Waals surface area contributed by atoms with Crippen molar-refractivity contribution in [2.75, 3.05) is 13.2 Å². The average Bonchev–Trinajstić information content (AvgIpc) is 3.20. The third kappa shape index (κ3) is 4.54. The number of hydrogen-bond acceptors (Lipinski definition) is 6. The molecule has 8 nitrogen and oxygen atoms in total. The number of carbonyl (C=O) groups excluding carboxylic acids is 2. The molecule has 3 N–H and O–H groups in total. The van der Waals surface area contributed by atoms with Crippen LogP contribution in [0.4, 0.5) is 0 Å². The van der Waals surface area contributed by atoms with Gasteiger partial charge >= 0.3 is 5.91 Å². The van der Waals surface area contributed by atoms with Crippen LogP contribution >= 0.6 is 0 Å². The van der Waals surface area contributed by atoms with Crippen molar-refractivity contribution in [1.82, 2.24) is 16.0 Å². The van der Waals surface area contributed by atoms with E-state index in [1.807, 2.05) is 49.4 Å². The van der Waals surface area contributed by atoms with Gasteiger partial charge in [-0.05, 0) is 40.9 Å². The maximum atomic E-state index is 12.3. The second-order valence-corrected chi connectivity index (χ2v) is 5.97. The molecule has 0 fully saturated rings.